The fourth-order valence-corrected chi connectivity index (χ4v) is 2.56. The van der Waals surface area contributed by atoms with Crippen molar-refractivity contribution >= 4 is 34.1 Å². The molecule has 1 aliphatic carbocycles. The Balaban J connectivity index is 2.27. The van der Waals surface area contributed by atoms with Crippen LogP contribution in [0.25, 0.3) is 10.9 Å². The highest BCUT2D eigenvalue weighted by molar-refractivity contribution is 6.41. The maximum absolute atomic E-state index is 13.7. The molecule has 2 nitrogen and oxygen atoms in total. The first-order chi connectivity index (χ1) is 8.16. The van der Waals surface area contributed by atoms with Gasteiger partial charge >= 0.3 is 0 Å². The number of fused-ring (bicyclic) bond motifs is 1. The number of hydrogen-bond donors (Lipinski definition) is 0. The molecule has 1 saturated carbocycles. The topological polar surface area (TPSA) is 25.8 Å². The van der Waals surface area contributed by atoms with Crippen molar-refractivity contribution in [2.24, 2.45) is 0 Å². The second-order valence-corrected chi connectivity index (χ2v) is 5.02. The quantitative estimate of drug-likeness (QED) is 0.721. The van der Waals surface area contributed by atoms with Gasteiger partial charge in [0.1, 0.15) is 22.3 Å². The Hall–Kier alpha value is -0.930. The van der Waals surface area contributed by atoms with Gasteiger partial charge in [0.05, 0.1) is 10.4 Å². The van der Waals surface area contributed by atoms with Crippen molar-refractivity contribution in [2.45, 2.75) is 25.2 Å². The fourth-order valence-electron chi connectivity index (χ4n) is 1.99. The van der Waals surface area contributed by atoms with Gasteiger partial charge < -0.3 is 0 Å². The molecule has 1 aliphatic rings. The molecule has 1 heterocycles. The first-order valence-electron chi connectivity index (χ1n) is 5.48. The highest BCUT2D eigenvalue weighted by atomic mass is 35.5. The molecule has 0 aliphatic heterocycles. The molecule has 1 fully saturated rings. The van der Waals surface area contributed by atoms with Gasteiger partial charge in [-0.1, -0.05) is 29.6 Å². The van der Waals surface area contributed by atoms with E-state index in [1.54, 1.807) is 0 Å². The van der Waals surface area contributed by atoms with Crippen LogP contribution in [-0.4, -0.2) is 9.97 Å². The zero-order valence-corrected chi connectivity index (χ0v) is 10.4. The predicted octanol–water partition coefficient (Wildman–Crippen LogP) is 4.34. The first-order valence-corrected chi connectivity index (χ1v) is 6.23. The van der Waals surface area contributed by atoms with E-state index < -0.39 is 5.82 Å². The van der Waals surface area contributed by atoms with E-state index in [2.05, 4.69) is 9.97 Å². The molecule has 2 aromatic rings. The Bertz CT molecular complexity index is 597. The molecule has 0 spiro atoms. The van der Waals surface area contributed by atoms with Gasteiger partial charge in [0.15, 0.2) is 0 Å². The fraction of sp³-hybridized carbons (Fsp3) is 0.333. The molecule has 0 bridgehead atoms. The van der Waals surface area contributed by atoms with Crippen molar-refractivity contribution in [1.29, 1.82) is 0 Å². The Kier molecular flexibility index (Phi) is 2.68. The molecule has 1 aromatic heterocycles. The maximum atomic E-state index is 13.7. The predicted molar refractivity (Wildman–Crippen MR) is 66.1 cm³/mol. The largest absolute Gasteiger partial charge is 0.229 e. The van der Waals surface area contributed by atoms with Gasteiger partial charge in [-0.05, 0) is 25.0 Å². The van der Waals surface area contributed by atoms with Crippen LogP contribution >= 0.6 is 23.2 Å². The third-order valence-electron chi connectivity index (χ3n) is 3.19. The van der Waals surface area contributed by atoms with Gasteiger partial charge in [-0.2, -0.15) is 0 Å². The second-order valence-electron chi connectivity index (χ2n) is 4.25. The summed E-state index contributed by atoms with van der Waals surface area (Å²) >= 11 is 12.0. The number of halogens is 3. The van der Waals surface area contributed by atoms with Gasteiger partial charge in [0, 0.05) is 5.92 Å². The van der Waals surface area contributed by atoms with Crippen molar-refractivity contribution in [3.8, 4) is 0 Å². The molecule has 0 unspecified atom stereocenters. The molecule has 5 heteroatoms. The molecule has 17 heavy (non-hydrogen) atoms. The molecule has 88 valence electrons. The average molecular weight is 271 g/mol. The van der Waals surface area contributed by atoms with E-state index in [0.717, 1.165) is 12.8 Å². The summed E-state index contributed by atoms with van der Waals surface area (Å²) in [7, 11) is 0. The van der Waals surface area contributed by atoms with E-state index in [9.17, 15) is 4.39 Å². The zero-order valence-electron chi connectivity index (χ0n) is 8.88. The lowest BCUT2D eigenvalue weighted by atomic mass is 9.85. The van der Waals surface area contributed by atoms with Gasteiger partial charge in [-0.3, -0.25) is 0 Å². The lowest BCUT2D eigenvalue weighted by molar-refractivity contribution is 0.402. The molecular formula is C12H9Cl2FN2. The van der Waals surface area contributed by atoms with E-state index >= 15 is 0 Å². The van der Waals surface area contributed by atoms with Crippen LogP contribution in [0, 0.1) is 5.82 Å². The Morgan fingerprint density at radius 3 is 2.59 bits per heavy atom. The van der Waals surface area contributed by atoms with Crippen LogP contribution in [0.1, 0.15) is 31.0 Å². The lowest BCUT2D eigenvalue weighted by Gasteiger charge is -2.24. The molecule has 0 amide bonds. The van der Waals surface area contributed by atoms with E-state index in [-0.39, 0.29) is 10.7 Å². The van der Waals surface area contributed by atoms with E-state index in [1.807, 2.05) is 0 Å². The van der Waals surface area contributed by atoms with Crippen LogP contribution in [-0.2, 0) is 0 Å². The molecule has 0 atom stereocenters. The highest BCUT2D eigenvalue weighted by Crippen LogP contribution is 2.37. The number of benzene rings is 1. The van der Waals surface area contributed by atoms with E-state index in [0.29, 0.717) is 22.2 Å². The van der Waals surface area contributed by atoms with Crippen molar-refractivity contribution < 1.29 is 4.39 Å². The van der Waals surface area contributed by atoms with Crippen LogP contribution in [0.5, 0.6) is 0 Å². The summed E-state index contributed by atoms with van der Waals surface area (Å²) in [4.78, 5) is 8.49. The van der Waals surface area contributed by atoms with Crippen molar-refractivity contribution in [3.63, 3.8) is 0 Å². The smallest absolute Gasteiger partial charge is 0.149 e. The summed E-state index contributed by atoms with van der Waals surface area (Å²) in [6.07, 6.45) is 3.26. The summed E-state index contributed by atoms with van der Waals surface area (Å²) in [6, 6.07) is 2.77. The minimum absolute atomic E-state index is 0.222. The lowest BCUT2D eigenvalue weighted by Crippen LogP contribution is -2.13. The number of hydrogen-bond acceptors (Lipinski definition) is 2. The van der Waals surface area contributed by atoms with Gasteiger partial charge in [-0.25, -0.2) is 14.4 Å². The zero-order chi connectivity index (χ0) is 12.0. The standard InChI is InChI=1S/C12H9Cl2FN2/c13-7-4-5-8(15)10-9(7)11(14)17-12(16-10)6-2-1-3-6/h4-6H,1-3H2. The Morgan fingerprint density at radius 2 is 1.94 bits per heavy atom. The number of nitrogens with zero attached hydrogens (tertiary/aromatic N) is 2. The average Bonchev–Trinajstić information content (AvgIpc) is 2.20. The third-order valence-corrected chi connectivity index (χ3v) is 3.78. The Labute approximate surface area is 108 Å². The van der Waals surface area contributed by atoms with Gasteiger partial charge in [0.2, 0.25) is 0 Å². The number of aromatic nitrogens is 2. The molecule has 0 radical (unpaired) electrons. The summed E-state index contributed by atoms with van der Waals surface area (Å²) in [6.45, 7) is 0. The molecule has 0 saturated heterocycles. The maximum Gasteiger partial charge on any atom is 0.149 e. The molecule has 0 N–H and O–H groups in total. The van der Waals surface area contributed by atoms with Crippen LogP contribution in [0.15, 0.2) is 12.1 Å². The Morgan fingerprint density at radius 1 is 1.18 bits per heavy atom. The summed E-state index contributed by atoms with van der Waals surface area (Å²) in [5, 5.41) is 1.02. The van der Waals surface area contributed by atoms with Crippen LogP contribution in [0.3, 0.4) is 0 Å². The van der Waals surface area contributed by atoms with Crippen LogP contribution in [0.4, 0.5) is 4.39 Å². The van der Waals surface area contributed by atoms with Crippen LogP contribution in [0.2, 0.25) is 10.2 Å². The monoisotopic (exact) mass is 270 g/mol. The SMILES string of the molecule is Fc1ccc(Cl)c2c(Cl)nc(C3CCC3)nc12. The highest BCUT2D eigenvalue weighted by Gasteiger charge is 2.24. The molecule has 3 rings (SSSR count). The van der Waals surface area contributed by atoms with Crippen LogP contribution < -0.4 is 0 Å². The second kappa shape index (κ2) is 4.07. The third kappa shape index (κ3) is 1.78. The summed E-state index contributed by atoms with van der Waals surface area (Å²) < 4.78 is 13.7. The number of rotatable bonds is 1. The first kappa shape index (κ1) is 11.2. The minimum Gasteiger partial charge on any atom is -0.229 e. The minimum atomic E-state index is -0.408. The van der Waals surface area contributed by atoms with Crippen molar-refractivity contribution in [1.82, 2.24) is 9.97 Å². The summed E-state index contributed by atoms with van der Waals surface area (Å²) in [5.41, 5.74) is 0.222. The van der Waals surface area contributed by atoms with Crippen molar-refractivity contribution in [2.75, 3.05) is 0 Å². The molecular weight excluding hydrogens is 262 g/mol. The van der Waals surface area contributed by atoms with Gasteiger partial charge in [-0.15, -0.1) is 0 Å². The normalized spacial score (nSPS) is 16.2. The van der Waals surface area contributed by atoms with Gasteiger partial charge in [0.25, 0.3) is 0 Å². The summed E-state index contributed by atoms with van der Waals surface area (Å²) in [5.74, 6) is 0.541. The van der Waals surface area contributed by atoms with Crippen molar-refractivity contribution in [3.05, 3.63) is 34.0 Å². The molecule has 1 aromatic carbocycles. The van der Waals surface area contributed by atoms with E-state index in [4.69, 9.17) is 23.2 Å². The van der Waals surface area contributed by atoms with E-state index in [1.165, 1.54) is 18.6 Å².